The molecule has 0 aliphatic rings. The van der Waals surface area contributed by atoms with Gasteiger partial charge in [0.05, 0.1) is 13.2 Å². The van der Waals surface area contributed by atoms with E-state index in [4.69, 9.17) is 10.6 Å². The molecule has 4 nitrogen and oxygen atoms in total. The highest BCUT2D eigenvalue weighted by Crippen LogP contribution is 2.29. The van der Waals surface area contributed by atoms with Gasteiger partial charge in [0.15, 0.2) is 5.82 Å². The van der Waals surface area contributed by atoms with Crippen LogP contribution >= 0.6 is 15.9 Å². The van der Waals surface area contributed by atoms with Crippen LogP contribution in [0.1, 0.15) is 22.7 Å². The number of pyridine rings is 1. The molecule has 0 spiro atoms. The predicted molar refractivity (Wildman–Crippen MR) is 78.8 cm³/mol. The Bertz CT molecular complexity index is 601. The molecule has 0 radical (unpaired) electrons. The van der Waals surface area contributed by atoms with Crippen LogP contribution in [0.4, 0.5) is 4.39 Å². The molecule has 3 N–H and O–H groups in total. The summed E-state index contributed by atoms with van der Waals surface area (Å²) in [6, 6.07) is 6.91. The summed E-state index contributed by atoms with van der Waals surface area (Å²) in [5, 5.41) is 0. The Balaban J connectivity index is 2.52. The molecular weight excluding hydrogens is 325 g/mol. The fourth-order valence-electron chi connectivity index (χ4n) is 2.10. The number of halogens is 2. The van der Waals surface area contributed by atoms with E-state index < -0.39 is 11.9 Å². The number of nitrogens with two attached hydrogens (primary N) is 1. The highest BCUT2D eigenvalue weighted by Gasteiger charge is 2.20. The normalized spacial score (nSPS) is 12.2. The Morgan fingerprint density at radius 1 is 1.40 bits per heavy atom. The molecule has 1 unspecified atom stereocenters. The molecular formula is C14H15BrFN3O. The van der Waals surface area contributed by atoms with Gasteiger partial charge in [0.2, 0.25) is 5.88 Å². The van der Waals surface area contributed by atoms with E-state index >= 15 is 0 Å². The lowest BCUT2D eigenvalue weighted by molar-refractivity contribution is 0.364. The van der Waals surface area contributed by atoms with E-state index in [1.54, 1.807) is 6.07 Å². The number of methoxy groups -OCH3 is 1. The van der Waals surface area contributed by atoms with Crippen LogP contribution in [-0.2, 0) is 0 Å². The number of nitrogens with zero attached hydrogens (tertiary/aromatic N) is 1. The van der Waals surface area contributed by atoms with Gasteiger partial charge in [-0.05, 0) is 36.2 Å². The van der Waals surface area contributed by atoms with Crippen molar-refractivity contribution in [2.45, 2.75) is 13.0 Å². The minimum Gasteiger partial charge on any atom is -0.479 e. The summed E-state index contributed by atoms with van der Waals surface area (Å²) < 4.78 is 20.1. The molecule has 0 amide bonds. The van der Waals surface area contributed by atoms with Gasteiger partial charge < -0.3 is 4.74 Å². The van der Waals surface area contributed by atoms with Crippen LogP contribution in [-0.4, -0.2) is 12.1 Å². The van der Waals surface area contributed by atoms with E-state index in [-0.39, 0.29) is 5.88 Å². The molecule has 0 aliphatic carbocycles. The maximum absolute atomic E-state index is 14.3. The minimum absolute atomic E-state index is 0.0468. The van der Waals surface area contributed by atoms with E-state index in [0.29, 0.717) is 5.56 Å². The van der Waals surface area contributed by atoms with Gasteiger partial charge in [-0.3, -0.25) is 5.84 Å². The minimum atomic E-state index is -0.518. The molecule has 1 atom stereocenters. The zero-order valence-electron chi connectivity index (χ0n) is 11.2. The number of nitrogens with one attached hydrogen (secondary N) is 1. The molecule has 1 aromatic carbocycles. The Hall–Kier alpha value is -1.50. The highest BCUT2D eigenvalue weighted by atomic mass is 79.9. The zero-order chi connectivity index (χ0) is 14.7. The van der Waals surface area contributed by atoms with Crippen LogP contribution in [0.3, 0.4) is 0 Å². The van der Waals surface area contributed by atoms with Crippen LogP contribution < -0.4 is 16.0 Å². The average molecular weight is 340 g/mol. The van der Waals surface area contributed by atoms with Gasteiger partial charge in [0.25, 0.3) is 0 Å². The molecule has 2 aromatic rings. The van der Waals surface area contributed by atoms with Crippen molar-refractivity contribution >= 4 is 15.9 Å². The van der Waals surface area contributed by atoms with Crippen LogP contribution in [0.25, 0.3) is 0 Å². The first-order chi connectivity index (χ1) is 9.56. The summed E-state index contributed by atoms with van der Waals surface area (Å²) in [7, 11) is 1.38. The van der Waals surface area contributed by atoms with E-state index in [1.807, 2.05) is 25.1 Å². The second-order valence-electron chi connectivity index (χ2n) is 4.39. The van der Waals surface area contributed by atoms with Gasteiger partial charge in [-0.2, -0.15) is 0 Å². The molecule has 0 bridgehead atoms. The summed E-state index contributed by atoms with van der Waals surface area (Å²) >= 11 is 3.43. The monoisotopic (exact) mass is 339 g/mol. The summed E-state index contributed by atoms with van der Waals surface area (Å²) in [5.74, 6) is 5.04. The Kier molecular flexibility index (Phi) is 4.69. The number of rotatable bonds is 4. The quantitative estimate of drug-likeness (QED) is 0.664. The summed E-state index contributed by atoms with van der Waals surface area (Å²) in [4.78, 5) is 3.83. The summed E-state index contributed by atoms with van der Waals surface area (Å²) in [6.45, 7) is 1.96. The van der Waals surface area contributed by atoms with Crippen LogP contribution in [0, 0.1) is 12.7 Å². The van der Waals surface area contributed by atoms with E-state index in [0.717, 1.165) is 15.6 Å². The molecule has 0 fully saturated rings. The molecule has 20 heavy (non-hydrogen) atoms. The third-order valence-electron chi connectivity index (χ3n) is 2.96. The smallest absolute Gasteiger partial charge is 0.250 e. The number of hydrogen-bond donors (Lipinski definition) is 2. The van der Waals surface area contributed by atoms with Crippen molar-refractivity contribution < 1.29 is 9.13 Å². The second kappa shape index (κ2) is 6.30. The molecule has 1 heterocycles. The standard InChI is InChI=1S/C14H15BrFN3O/c1-8-5-9(7-10(15)6-8)13(19-17)11-3-4-18-14(20-2)12(11)16/h3-7,13,19H,17H2,1-2H3. The summed E-state index contributed by atoms with van der Waals surface area (Å²) in [5.41, 5.74) is 4.93. The number of ether oxygens (including phenoxy) is 1. The Morgan fingerprint density at radius 3 is 2.75 bits per heavy atom. The number of hydrogen-bond acceptors (Lipinski definition) is 4. The molecule has 0 aliphatic heterocycles. The number of benzene rings is 1. The van der Waals surface area contributed by atoms with Crippen LogP contribution in [0.5, 0.6) is 5.88 Å². The van der Waals surface area contributed by atoms with Crippen molar-refractivity contribution in [2.24, 2.45) is 5.84 Å². The van der Waals surface area contributed by atoms with Crippen molar-refractivity contribution in [1.82, 2.24) is 10.4 Å². The van der Waals surface area contributed by atoms with Crippen molar-refractivity contribution in [3.8, 4) is 5.88 Å². The first-order valence-electron chi connectivity index (χ1n) is 5.98. The van der Waals surface area contributed by atoms with Crippen molar-refractivity contribution in [3.63, 3.8) is 0 Å². The number of aromatic nitrogens is 1. The SMILES string of the molecule is COc1nccc(C(NN)c2cc(C)cc(Br)c2)c1F. The van der Waals surface area contributed by atoms with Gasteiger partial charge in [-0.15, -0.1) is 0 Å². The van der Waals surface area contributed by atoms with E-state index in [2.05, 4.69) is 26.3 Å². The molecule has 0 saturated carbocycles. The van der Waals surface area contributed by atoms with Gasteiger partial charge in [0.1, 0.15) is 0 Å². The zero-order valence-corrected chi connectivity index (χ0v) is 12.7. The molecule has 6 heteroatoms. The Morgan fingerprint density at radius 2 is 2.15 bits per heavy atom. The maximum atomic E-state index is 14.3. The van der Waals surface area contributed by atoms with E-state index in [1.165, 1.54) is 13.3 Å². The lowest BCUT2D eigenvalue weighted by Gasteiger charge is -2.19. The highest BCUT2D eigenvalue weighted by molar-refractivity contribution is 9.10. The first-order valence-corrected chi connectivity index (χ1v) is 6.77. The topological polar surface area (TPSA) is 60.2 Å². The molecule has 106 valence electrons. The third-order valence-corrected chi connectivity index (χ3v) is 3.41. The van der Waals surface area contributed by atoms with Gasteiger partial charge in [0, 0.05) is 16.2 Å². The second-order valence-corrected chi connectivity index (χ2v) is 5.30. The first kappa shape index (κ1) is 14.9. The van der Waals surface area contributed by atoms with Crippen molar-refractivity contribution in [2.75, 3.05) is 7.11 Å². The molecule has 1 aromatic heterocycles. The van der Waals surface area contributed by atoms with Gasteiger partial charge in [-0.1, -0.05) is 22.0 Å². The van der Waals surface area contributed by atoms with Crippen molar-refractivity contribution in [3.05, 3.63) is 57.4 Å². The van der Waals surface area contributed by atoms with Gasteiger partial charge in [-0.25, -0.2) is 14.8 Å². The number of aryl methyl sites for hydroxylation is 1. The lowest BCUT2D eigenvalue weighted by Crippen LogP contribution is -2.29. The van der Waals surface area contributed by atoms with Crippen LogP contribution in [0.2, 0.25) is 0 Å². The fraction of sp³-hybridized carbons (Fsp3) is 0.214. The maximum Gasteiger partial charge on any atom is 0.250 e. The predicted octanol–water partition coefficient (Wildman–Crippen LogP) is 2.85. The average Bonchev–Trinajstić information content (AvgIpc) is 2.40. The lowest BCUT2D eigenvalue weighted by atomic mass is 9.98. The summed E-state index contributed by atoms with van der Waals surface area (Å²) in [6.07, 6.45) is 1.49. The fourth-order valence-corrected chi connectivity index (χ4v) is 2.73. The third kappa shape index (κ3) is 2.98. The van der Waals surface area contributed by atoms with Crippen LogP contribution in [0.15, 0.2) is 34.9 Å². The molecule has 0 saturated heterocycles. The molecule has 2 rings (SSSR count). The largest absolute Gasteiger partial charge is 0.479 e. The van der Waals surface area contributed by atoms with E-state index in [9.17, 15) is 4.39 Å². The van der Waals surface area contributed by atoms with Gasteiger partial charge >= 0.3 is 0 Å². The van der Waals surface area contributed by atoms with Crippen molar-refractivity contribution in [1.29, 1.82) is 0 Å². The number of hydrazine groups is 1. The Labute approximate surface area is 125 Å².